The molecule has 124 valence electrons. The number of carboxylic acid groups (broad SMARTS) is 1. The molecule has 0 bridgehead atoms. The van der Waals surface area contributed by atoms with Crippen LogP contribution in [0.2, 0.25) is 0 Å². The van der Waals surface area contributed by atoms with Crippen LogP contribution in [0.4, 0.5) is 10.6 Å². The SMILES string of the molecule is COc1cc2c3c(N4CCCC4)nccc3n(C(=O)O)c2cc1O. The molecule has 0 aliphatic carbocycles. The van der Waals surface area contributed by atoms with Gasteiger partial charge in [0.2, 0.25) is 0 Å². The number of hydrogen-bond acceptors (Lipinski definition) is 5. The molecule has 24 heavy (non-hydrogen) atoms. The highest BCUT2D eigenvalue weighted by atomic mass is 16.5. The van der Waals surface area contributed by atoms with E-state index in [1.807, 2.05) is 0 Å². The minimum Gasteiger partial charge on any atom is -0.504 e. The minimum absolute atomic E-state index is 0.0917. The summed E-state index contributed by atoms with van der Waals surface area (Å²) in [5.74, 6) is 0.997. The van der Waals surface area contributed by atoms with Crippen molar-refractivity contribution in [2.75, 3.05) is 25.1 Å². The van der Waals surface area contributed by atoms with Gasteiger partial charge in [-0.2, -0.15) is 0 Å². The smallest absolute Gasteiger partial charge is 0.416 e. The fourth-order valence-electron chi connectivity index (χ4n) is 3.50. The van der Waals surface area contributed by atoms with Crippen LogP contribution in [0, 0.1) is 0 Å². The first-order valence-corrected chi connectivity index (χ1v) is 7.80. The van der Waals surface area contributed by atoms with Crippen molar-refractivity contribution < 1.29 is 19.7 Å². The quantitative estimate of drug-likeness (QED) is 0.752. The van der Waals surface area contributed by atoms with Gasteiger partial charge in [-0.1, -0.05) is 0 Å². The van der Waals surface area contributed by atoms with Crippen molar-refractivity contribution in [1.82, 2.24) is 9.55 Å². The summed E-state index contributed by atoms with van der Waals surface area (Å²) in [5.41, 5.74) is 0.978. The van der Waals surface area contributed by atoms with E-state index in [0.717, 1.165) is 37.1 Å². The Balaban J connectivity index is 2.15. The predicted molar refractivity (Wildman–Crippen MR) is 90.3 cm³/mol. The predicted octanol–water partition coefficient (Wildman–Crippen LogP) is 3.03. The topological polar surface area (TPSA) is 87.8 Å². The number of aromatic nitrogens is 2. The van der Waals surface area contributed by atoms with Gasteiger partial charge in [0, 0.05) is 30.7 Å². The molecule has 1 aliphatic rings. The van der Waals surface area contributed by atoms with Crippen LogP contribution in [0.15, 0.2) is 24.4 Å². The molecule has 3 heterocycles. The lowest BCUT2D eigenvalue weighted by Gasteiger charge is -2.17. The van der Waals surface area contributed by atoms with E-state index in [0.29, 0.717) is 22.2 Å². The lowest BCUT2D eigenvalue weighted by Crippen LogP contribution is -2.19. The van der Waals surface area contributed by atoms with Crippen LogP contribution >= 0.6 is 0 Å². The molecule has 1 fully saturated rings. The summed E-state index contributed by atoms with van der Waals surface area (Å²) in [6, 6.07) is 4.79. The van der Waals surface area contributed by atoms with Crippen molar-refractivity contribution in [3.63, 3.8) is 0 Å². The van der Waals surface area contributed by atoms with Crippen LogP contribution in [0.3, 0.4) is 0 Å². The highest BCUT2D eigenvalue weighted by Gasteiger charge is 2.24. The zero-order valence-electron chi connectivity index (χ0n) is 13.2. The Labute approximate surface area is 137 Å². The molecule has 0 spiro atoms. The summed E-state index contributed by atoms with van der Waals surface area (Å²) in [6.45, 7) is 1.81. The van der Waals surface area contributed by atoms with E-state index in [1.165, 1.54) is 17.7 Å². The van der Waals surface area contributed by atoms with Gasteiger partial charge in [-0.05, 0) is 25.0 Å². The number of hydrogen-bond donors (Lipinski definition) is 2. The van der Waals surface area contributed by atoms with E-state index < -0.39 is 6.09 Å². The summed E-state index contributed by atoms with van der Waals surface area (Å²) < 4.78 is 6.38. The van der Waals surface area contributed by atoms with Crippen molar-refractivity contribution in [2.45, 2.75) is 12.8 Å². The van der Waals surface area contributed by atoms with Crippen LogP contribution in [-0.2, 0) is 0 Å². The van der Waals surface area contributed by atoms with Crippen LogP contribution in [-0.4, -0.2) is 46.1 Å². The van der Waals surface area contributed by atoms with Gasteiger partial charge in [0.15, 0.2) is 11.5 Å². The number of aromatic hydroxyl groups is 1. The number of ether oxygens (including phenoxy) is 1. The molecule has 0 atom stereocenters. The monoisotopic (exact) mass is 327 g/mol. The molecule has 1 aromatic carbocycles. The highest BCUT2D eigenvalue weighted by Crippen LogP contribution is 2.40. The molecule has 2 N–H and O–H groups in total. The van der Waals surface area contributed by atoms with Crippen LogP contribution < -0.4 is 9.64 Å². The van der Waals surface area contributed by atoms with E-state index in [2.05, 4.69) is 9.88 Å². The average molecular weight is 327 g/mol. The molecule has 1 saturated heterocycles. The summed E-state index contributed by atoms with van der Waals surface area (Å²) >= 11 is 0. The third-order valence-electron chi connectivity index (χ3n) is 4.55. The van der Waals surface area contributed by atoms with Gasteiger partial charge in [0.1, 0.15) is 5.82 Å². The van der Waals surface area contributed by atoms with E-state index in [1.54, 1.807) is 18.3 Å². The standard InChI is InChI=1S/C17H17N3O4/c1-24-14-8-10-12(9-13(14)21)20(17(22)23)11-4-5-18-16(15(10)11)19-6-2-3-7-19/h4-5,8-9,21H,2-3,6-7H2,1H3,(H,22,23). The Morgan fingerprint density at radius 2 is 2.00 bits per heavy atom. The number of rotatable bonds is 2. The van der Waals surface area contributed by atoms with Crippen LogP contribution in [0.5, 0.6) is 11.5 Å². The number of nitrogens with zero attached hydrogens (tertiary/aromatic N) is 3. The number of benzene rings is 1. The van der Waals surface area contributed by atoms with Gasteiger partial charge in [-0.3, -0.25) is 0 Å². The molecular weight excluding hydrogens is 310 g/mol. The van der Waals surface area contributed by atoms with Crippen LogP contribution in [0.25, 0.3) is 21.8 Å². The molecule has 0 unspecified atom stereocenters. The molecule has 1 aliphatic heterocycles. The van der Waals surface area contributed by atoms with Crippen molar-refractivity contribution in [2.24, 2.45) is 0 Å². The second kappa shape index (κ2) is 5.30. The van der Waals surface area contributed by atoms with E-state index in [9.17, 15) is 15.0 Å². The first-order valence-electron chi connectivity index (χ1n) is 7.80. The van der Waals surface area contributed by atoms with Crippen LogP contribution in [0.1, 0.15) is 12.8 Å². The number of carbonyl (C=O) groups is 1. The maximum atomic E-state index is 11.8. The summed E-state index contributed by atoms with van der Waals surface area (Å²) in [4.78, 5) is 18.5. The number of phenols is 1. The molecule has 3 aromatic rings. The minimum atomic E-state index is -1.10. The normalized spacial score (nSPS) is 14.6. The Bertz CT molecular complexity index is 958. The fourth-order valence-corrected chi connectivity index (χ4v) is 3.50. The molecule has 2 aromatic heterocycles. The van der Waals surface area contributed by atoms with E-state index >= 15 is 0 Å². The zero-order chi connectivity index (χ0) is 16.8. The first kappa shape index (κ1) is 14.6. The lowest BCUT2D eigenvalue weighted by molar-refractivity contribution is 0.198. The van der Waals surface area contributed by atoms with Crippen molar-refractivity contribution >= 4 is 33.7 Å². The largest absolute Gasteiger partial charge is 0.504 e. The second-order valence-electron chi connectivity index (χ2n) is 5.88. The van der Waals surface area contributed by atoms with Crippen molar-refractivity contribution in [1.29, 1.82) is 0 Å². The maximum absolute atomic E-state index is 11.8. The Kier molecular flexibility index (Phi) is 3.23. The summed E-state index contributed by atoms with van der Waals surface area (Å²) in [6.07, 6.45) is 2.73. The Morgan fingerprint density at radius 1 is 1.25 bits per heavy atom. The van der Waals surface area contributed by atoms with Gasteiger partial charge in [0.25, 0.3) is 0 Å². The van der Waals surface area contributed by atoms with Crippen molar-refractivity contribution in [3.05, 3.63) is 24.4 Å². The van der Waals surface area contributed by atoms with Gasteiger partial charge in [0.05, 0.1) is 23.5 Å². The Hall–Kier alpha value is -2.96. The van der Waals surface area contributed by atoms with Gasteiger partial charge < -0.3 is 19.8 Å². The number of phenolic OH excluding ortho intramolecular Hbond substituents is 1. The summed E-state index contributed by atoms with van der Waals surface area (Å²) in [5, 5.41) is 21.2. The first-order chi connectivity index (χ1) is 11.6. The molecule has 7 heteroatoms. The third kappa shape index (κ3) is 1.97. The van der Waals surface area contributed by atoms with Gasteiger partial charge in [-0.15, -0.1) is 0 Å². The molecule has 0 saturated carbocycles. The maximum Gasteiger partial charge on any atom is 0.416 e. The molecule has 4 rings (SSSR count). The second-order valence-corrected chi connectivity index (χ2v) is 5.88. The van der Waals surface area contributed by atoms with Gasteiger partial charge >= 0.3 is 6.09 Å². The fraction of sp³-hybridized carbons (Fsp3) is 0.294. The number of methoxy groups -OCH3 is 1. The number of pyridine rings is 1. The number of fused-ring (bicyclic) bond motifs is 3. The highest BCUT2D eigenvalue weighted by molar-refractivity contribution is 6.17. The number of anilines is 1. The third-order valence-corrected chi connectivity index (χ3v) is 4.55. The molecule has 0 radical (unpaired) electrons. The Morgan fingerprint density at radius 3 is 2.67 bits per heavy atom. The van der Waals surface area contributed by atoms with E-state index in [4.69, 9.17) is 4.74 Å². The van der Waals surface area contributed by atoms with Crippen molar-refractivity contribution in [3.8, 4) is 11.5 Å². The van der Waals surface area contributed by atoms with Gasteiger partial charge in [-0.25, -0.2) is 14.3 Å². The van der Waals surface area contributed by atoms with E-state index in [-0.39, 0.29) is 5.75 Å². The molecule has 7 nitrogen and oxygen atoms in total. The lowest BCUT2D eigenvalue weighted by atomic mass is 10.1. The molecule has 0 amide bonds. The zero-order valence-corrected chi connectivity index (χ0v) is 13.2. The average Bonchev–Trinajstić information content (AvgIpc) is 3.19. The summed E-state index contributed by atoms with van der Waals surface area (Å²) in [7, 11) is 1.47. The molecular formula is C17H17N3O4.